The summed E-state index contributed by atoms with van der Waals surface area (Å²) in [6.07, 6.45) is 2.10. The van der Waals surface area contributed by atoms with E-state index in [-0.39, 0.29) is 11.8 Å². The average Bonchev–Trinajstić information content (AvgIpc) is 3.16. The highest BCUT2D eigenvalue weighted by Gasteiger charge is 2.32. The van der Waals surface area contributed by atoms with Gasteiger partial charge in [-0.15, -0.1) is 0 Å². The van der Waals surface area contributed by atoms with E-state index in [0.29, 0.717) is 23.7 Å². The maximum absolute atomic E-state index is 12.5. The summed E-state index contributed by atoms with van der Waals surface area (Å²) < 4.78 is 18.0. The summed E-state index contributed by atoms with van der Waals surface area (Å²) in [5.74, 6) is 2.44. The summed E-state index contributed by atoms with van der Waals surface area (Å²) in [6, 6.07) is 13.2. The Morgan fingerprint density at radius 2 is 1.79 bits per heavy atom. The molecule has 0 bridgehead atoms. The molecule has 1 amide bonds. The zero-order valence-corrected chi connectivity index (χ0v) is 15.9. The molecule has 0 saturated carbocycles. The molecule has 1 aliphatic heterocycles. The molecule has 144 valence electrons. The van der Waals surface area contributed by atoms with Crippen LogP contribution in [-0.4, -0.2) is 37.0 Å². The first-order valence-electron chi connectivity index (χ1n) is 8.89. The van der Waals surface area contributed by atoms with E-state index >= 15 is 0 Å². The molecule has 1 N–H and O–H groups in total. The van der Waals surface area contributed by atoms with Gasteiger partial charge in [0, 0.05) is 23.5 Å². The molecule has 0 spiro atoms. The molecule has 1 aliphatic rings. The Morgan fingerprint density at radius 3 is 2.46 bits per heavy atom. The van der Waals surface area contributed by atoms with E-state index in [1.165, 1.54) is 0 Å². The van der Waals surface area contributed by atoms with Crippen LogP contribution in [0.15, 0.2) is 48.7 Å². The number of amides is 1. The van der Waals surface area contributed by atoms with E-state index < -0.39 is 0 Å². The van der Waals surface area contributed by atoms with Gasteiger partial charge in [0.05, 0.1) is 33.2 Å². The number of nitrogens with zero attached hydrogens (tertiary/aromatic N) is 2. The monoisotopic (exact) mass is 379 g/mol. The first kappa shape index (κ1) is 17.9. The van der Waals surface area contributed by atoms with Crippen molar-refractivity contribution in [3.63, 3.8) is 0 Å². The Labute approximate surface area is 162 Å². The minimum atomic E-state index is -0.180. The Hall–Kier alpha value is -3.48. The lowest BCUT2D eigenvalue weighted by atomic mass is 9.86. The number of hydrogen-bond acceptors (Lipinski definition) is 5. The van der Waals surface area contributed by atoms with Crippen LogP contribution in [-0.2, 0) is 4.79 Å². The van der Waals surface area contributed by atoms with Crippen molar-refractivity contribution < 1.29 is 19.0 Å². The zero-order valence-electron chi connectivity index (χ0n) is 15.9. The van der Waals surface area contributed by atoms with Gasteiger partial charge in [-0.1, -0.05) is 12.1 Å². The van der Waals surface area contributed by atoms with Crippen molar-refractivity contribution in [2.75, 3.05) is 26.6 Å². The molecule has 7 nitrogen and oxygen atoms in total. The largest absolute Gasteiger partial charge is 0.497 e. The van der Waals surface area contributed by atoms with Gasteiger partial charge < -0.3 is 19.5 Å². The highest BCUT2D eigenvalue weighted by atomic mass is 16.5. The summed E-state index contributed by atoms with van der Waals surface area (Å²) >= 11 is 0. The Kier molecular flexibility index (Phi) is 4.65. The van der Waals surface area contributed by atoms with Crippen LogP contribution in [0.25, 0.3) is 5.69 Å². The molecule has 28 heavy (non-hydrogen) atoms. The third kappa shape index (κ3) is 2.94. The maximum atomic E-state index is 12.5. The smallest absolute Gasteiger partial charge is 0.226 e. The second-order valence-corrected chi connectivity index (χ2v) is 6.45. The molecule has 1 unspecified atom stereocenters. The first-order valence-corrected chi connectivity index (χ1v) is 8.89. The molecule has 2 aromatic carbocycles. The van der Waals surface area contributed by atoms with E-state index in [1.807, 2.05) is 42.5 Å². The molecule has 3 aromatic rings. The third-order valence-corrected chi connectivity index (χ3v) is 4.95. The summed E-state index contributed by atoms with van der Waals surface area (Å²) in [7, 11) is 4.82. The molecule has 2 heterocycles. The van der Waals surface area contributed by atoms with Gasteiger partial charge >= 0.3 is 0 Å². The lowest BCUT2D eigenvalue weighted by Crippen LogP contribution is -2.24. The summed E-state index contributed by atoms with van der Waals surface area (Å²) in [4.78, 5) is 12.5. The predicted molar refractivity (Wildman–Crippen MR) is 105 cm³/mol. The lowest BCUT2D eigenvalue weighted by molar-refractivity contribution is -0.116. The number of fused-ring (bicyclic) bond motifs is 1. The van der Waals surface area contributed by atoms with Gasteiger partial charge in [-0.25, -0.2) is 4.68 Å². The lowest BCUT2D eigenvalue weighted by Gasteiger charge is -2.25. The number of benzene rings is 2. The number of methoxy groups -OCH3 is 3. The molecule has 0 aliphatic carbocycles. The van der Waals surface area contributed by atoms with Crippen LogP contribution in [0.1, 0.15) is 23.5 Å². The number of para-hydroxylation sites is 1. The highest BCUT2D eigenvalue weighted by Crippen LogP contribution is 2.44. The standard InChI is InChI=1S/C21H21N3O4/c1-26-14-9-7-13(8-10-14)24-21-17(12-22-24)16(11-19(25)23-21)15-5-4-6-18(27-2)20(15)28-3/h4-10,12,16H,11H2,1-3H3,(H,23,25). The summed E-state index contributed by atoms with van der Waals surface area (Å²) in [6.45, 7) is 0. The van der Waals surface area contributed by atoms with Crippen molar-refractivity contribution in [2.45, 2.75) is 12.3 Å². The van der Waals surface area contributed by atoms with Crippen molar-refractivity contribution in [3.8, 4) is 22.9 Å². The second-order valence-electron chi connectivity index (χ2n) is 6.45. The number of carbonyl (C=O) groups is 1. The van der Waals surface area contributed by atoms with Crippen LogP contribution in [0, 0.1) is 0 Å². The van der Waals surface area contributed by atoms with Gasteiger partial charge in [0.1, 0.15) is 11.6 Å². The number of ether oxygens (including phenoxy) is 3. The number of rotatable bonds is 5. The van der Waals surface area contributed by atoms with Gasteiger partial charge in [-0.2, -0.15) is 5.10 Å². The van der Waals surface area contributed by atoms with Crippen molar-refractivity contribution >= 4 is 11.7 Å². The van der Waals surface area contributed by atoms with Gasteiger partial charge in [0.15, 0.2) is 11.5 Å². The number of nitrogens with one attached hydrogen (secondary N) is 1. The Balaban J connectivity index is 1.81. The van der Waals surface area contributed by atoms with Gasteiger partial charge in [0.25, 0.3) is 0 Å². The van der Waals surface area contributed by atoms with Crippen LogP contribution < -0.4 is 19.5 Å². The molecule has 7 heteroatoms. The van der Waals surface area contributed by atoms with Crippen LogP contribution in [0.3, 0.4) is 0 Å². The molecule has 1 aromatic heterocycles. The van der Waals surface area contributed by atoms with E-state index in [0.717, 1.165) is 22.6 Å². The fourth-order valence-corrected chi connectivity index (χ4v) is 3.60. The normalized spacial score (nSPS) is 15.5. The highest BCUT2D eigenvalue weighted by molar-refractivity contribution is 5.94. The van der Waals surface area contributed by atoms with Crippen LogP contribution >= 0.6 is 0 Å². The van der Waals surface area contributed by atoms with Crippen molar-refractivity contribution in [1.29, 1.82) is 0 Å². The van der Waals surface area contributed by atoms with Crippen LogP contribution in [0.2, 0.25) is 0 Å². The van der Waals surface area contributed by atoms with Crippen molar-refractivity contribution in [2.24, 2.45) is 0 Å². The third-order valence-electron chi connectivity index (χ3n) is 4.95. The molecule has 0 radical (unpaired) electrons. The van der Waals surface area contributed by atoms with Gasteiger partial charge in [-0.3, -0.25) is 4.79 Å². The minimum absolute atomic E-state index is 0.0716. The van der Waals surface area contributed by atoms with E-state index in [4.69, 9.17) is 14.2 Å². The SMILES string of the molecule is COc1ccc(-n2ncc3c2NC(=O)CC3c2cccc(OC)c2OC)cc1. The van der Waals surface area contributed by atoms with Crippen molar-refractivity contribution in [1.82, 2.24) is 9.78 Å². The second kappa shape index (κ2) is 7.26. The minimum Gasteiger partial charge on any atom is -0.497 e. The average molecular weight is 379 g/mol. The van der Waals surface area contributed by atoms with E-state index in [2.05, 4.69) is 10.4 Å². The first-order chi connectivity index (χ1) is 13.7. The number of anilines is 1. The predicted octanol–water partition coefficient (Wildman–Crippen LogP) is 3.37. The Morgan fingerprint density at radius 1 is 1.00 bits per heavy atom. The summed E-state index contributed by atoms with van der Waals surface area (Å²) in [5, 5.41) is 7.48. The summed E-state index contributed by atoms with van der Waals surface area (Å²) in [5.41, 5.74) is 2.66. The van der Waals surface area contributed by atoms with E-state index in [1.54, 1.807) is 32.2 Å². The fraction of sp³-hybridized carbons (Fsp3) is 0.238. The zero-order chi connectivity index (χ0) is 19.7. The van der Waals surface area contributed by atoms with Gasteiger partial charge in [-0.05, 0) is 30.3 Å². The number of aromatic nitrogens is 2. The maximum Gasteiger partial charge on any atom is 0.226 e. The quantitative estimate of drug-likeness (QED) is 0.736. The number of hydrogen-bond donors (Lipinski definition) is 1. The Bertz CT molecular complexity index is 1010. The number of carbonyl (C=O) groups excluding carboxylic acids is 1. The molecular weight excluding hydrogens is 358 g/mol. The van der Waals surface area contributed by atoms with Gasteiger partial charge in [0.2, 0.25) is 5.91 Å². The molecule has 4 rings (SSSR count). The fourth-order valence-electron chi connectivity index (χ4n) is 3.60. The van der Waals surface area contributed by atoms with Crippen LogP contribution in [0.4, 0.5) is 5.82 Å². The van der Waals surface area contributed by atoms with Crippen LogP contribution in [0.5, 0.6) is 17.2 Å². The molecule has 1 atom stereocenters. The topological polar surface area (TPSA) is 74.6 Å². The molecular formula is C21H21N3O4. The molecule has 0 saturated heterocycles. The van der Waals surface area contributed by atoms with Crippen molar-refractivity contribution in [3.05, 3.63) is 59.8 Å². The van der Waals surface area contributed by atoms with E-state index in [9.17, 15) is 4.79 Å². The molecule has 0 fully saturated rings.